The molecule has 2 heteroatoms. The van der Waals surface area contributed by atoms with E-state index in [9.17, 15) is 5.48 Å². The minimum Gasteiger partial charge on any atom is -0.309 e. The van der Waals surface area contributed by atoms with Crippen LogP contribution in [-0.2, 0) is 0 Å². The molecule has 0 N–H and O–H groups in total. The van der Waals surface area contributed by atoms with E-state index in [1.165, 1.54) is 36.4 Å². The number of hydrogen-bond acceptors (Lipinski definition) is 0. The van der Waals surface area contributed by atoms with Crippen LogP contribution in [0, 0.1) is 0 Å². The second-order valence-corrected chi connectivity index (χ2v) is 11.0. The summed E-state index contributed by atoms with van der Waals surface area (Å²) in [7, 11) is 0. The van der Waals surface area contributed by atoms with E-state index >= 15 is 0 Å². The number of aromatic nitrogens is 2. The number of rotatable bonds is 5. The van der Waals surface area contributed by atoms with Crippen LogP contribution >= 0.6 is 0 Å². The van der Waals surface area contributed by atoms with E-state index in [2.05, 4.69) is 0 Å². The molecule has 0 aliphatic rings. The summed E-state index contributed by atoms with van der Waals surface area (Å²) in [5.41, 5.74) is -3.14. The lowest BCUT2D eigenvalue weighted by Gasteiger charge is -2.11. The van der Waals surface area contributed by atoms with Gasteiger partial charge < -0.3 is 9.13 Å². The first-order valence-corrected chi connectivity index (χ1v) is 15.1. The molecule has 10 aromatic rings. The Kier molecular flexibility index (Phi) is 2.92. The number of fused-ring (bicyclic) bond motifs is 6. The van der Waals surface area contributed by atoms with Crippen LogP contribution in [0.4, 0.5) is 0 Å². The predicted octanol–water partition coefficient (Wildman–Crippen LogP) is 12.9. The van der Waals surface area contributed by atoms with Crippen LogP contribution in [0.25, 0.3) is 88.4 Å². The highest BCUT2D eigenvalue weighted by Crippen LogP contribution is 2.38. The monoisotopic (exact) mass is 662 g/mol. The van der Waals surface area contributed by atoms with Crippen LogP contribution in [0.2, 0.25) is 0 Å². The summed E-state index contributed by atoms with van der Waals surface area (Å²) in [6.45, 7) is 0. The lowest BCUT2D eigenvalue weighted by atomic mass is 10.0. The van der Waals surface area contributed by atoms with E-state index in [-0.39, 0.29) is 43.6 Å². The van der Waals surface area contributed by atoms with E-state index in [4.69, 9.17) is 30.2 Å². The van der Waals surface area contributed by atoms with Gasteiger partial charge in [0.1, 0.15) is 0 Å². The highest BCUT2D eigenvalue weighted by molar-refractivity contribution is 6.12. The zero-order chi connectivity index (χ0) is 55.6. The van der Waals surface area contributed by atoms with Crippen LogP contribution < -0.4 is 0 Å². The summed E-state index contributed by atoms with van der Waals surface area (Å²) in [6, 6.07) is -10.2. The highest BCUT2D eigenvalue weighted by atomic mass is 15.0. The lowest BCUT2D eigenvalue weighted by Crippen LogP contribution is -1.94. The van der Waals surface area contributed by atoms with Gasteiger partial charge in [0, 0.05) is 32.9 Å². The molecular formula is C48H32N2. The fourth-order valence-corrected chi connectivity index (χ4v) is 6.10. The molecule has 50 heavy (non-hydrogen) atoms. The molecule has 0 aliphatic carbocycles. The number of nitrogens with zero attached hydrogens (tertiary/aromatic N) is 2. The molecule has 234 valence electrons. The topological polar surface area (TPSA) is 9.86 Å². The molecule has 0 spiro atoms. The zero-order valence-electron chi connectivity index (χ0n) is 51.4. The molecule has 0 fully saturated rings. The minimum atomic E-state index is -0.814. The fourth-order valence-electron chi connectivity index (χ4n) is 6.10. The first-order valence-electron chi connectivity index (χ1n) is 28.1. The van der Waals surface area contributed by atoms with E-state index in [0.717, 1.165) is 9.13 Å². The van der Waals surface area contributed by atoms with Crippen molar-refractivity contribution in [3.8, 4) is 44.8 Å². The van der Waals surface area contributed by atoms with Gasteiger partial charge in [-0.25, -0.2) is 0 Å². The third-order valence-electron chi connectivity index (χ3n) is 8.30. The number of benzene rings is 8. The number of hydrogen-bond donors (Lipinski definition) is 0. The maximum atomic E-state index is 9.25. The molecular weight excluding hydrogens is 605 g/mol. The third kappa shape index (κ3) is 4.57. The quantitative estimate of drug-likeness (QED) is 0.174. The van der Waals surface area contributed by atoms with Gasteiger partial charge in [0.2, 0.25) is 0 Å². The average Bonchev–Trinajstić information content (AvgIpc) is 3.98. The fraction of sp³-hybridized carbons (Fsp3) is 0. The zero-order valence-corrected chi connectivity index (χ0v) is 25.4. The summed E-state index contributed by atoms with van der Waals surface area (Å²) in [4.78, 5) is 0. The summed E-state index contributed by atoms with van der Waals surface area (Å²) < 4.78 is 229. The van der Waals surface area contributed by atoms with Crippen molar-refractivity contribution in [3.05, 3.63) is 194 Å². The van der Waals surface area contributed by atoms with E-state index < -0.39 is 191 Å². The van der Waals surface area contributed by atoms with Gasteiger partial charge in [-0.1, -0.05) is 133 Å². The van der Waals surface area contributed by atoms with Crippen LogP contribution in [0.1, 0.15) is 35.6 Å². The van der Waals surface area contributed by atoms with Gasteiger partial charge in [-0.05, 0) is 93.9 Å². The smallest absolute Gasteiger partial charge is 0.0645 e. The standard InChI is InChI=1S/C48H32N2/c1-3-11-33(12-4-1)35-19-25-39(26-20-35)49-45-17-9-7-15-41(45)43-31-37(23-29-47(43)49)38-24-30-48-44(32-38)42-16-8-10-18-46(42)50(48)40-27-21-36(22-28-40)34-13-5-2-6-14-34/h1-32H/i1D,2D,3D,4D,5D,6D,7D,8D,9D,10D,11D,12D,13D,14D,15D,16D,17D,18D,19D,20D,21D,22D,25D,26D,27D,28D. The van der Waals surface area contributed by atoms with Gasteiger partial charge in [-0.15, -0.1) is 0 Å². The summed E-state index contributed by atoms with van der Waals surface area (Å²) in [6.07, 6.45) is 0. The molecule has 0 atom stereocenters. The Balaban J connectivity index is 1.24. The molecule has 8 aromatic carbocycles. The summed E-state index contributed by atoms with van der Waals surface area (Å²) in [5.74, 6) is 0. The second kappa shape index (κ2) is 11.5. The maximum Gasteiger partial charge on any atom is 0.0645 e. The Morgan fingerprint density at radius 2 is 0.640 bits per heavy atom. The molecule has 0 bridgehead atoms. The molecule has 0 amide bonds. The van der Waals surface area contributed by atoms with Gasteiger partial charge in [0.05, 0.1) is 57.7 Å². The average molecular weight is 663 g/mol. The van der Waals surface area contributed by atoms with Gasteiger partial charge >= 0.3 is 0 Å². The highest BCUT2D eigenvalue weighted by Gasteiger charge is 2.16. The van der Waals surface area contributed by atoms with Crippen LogP contribution in [0.3, 0.4) is 0 Å². The molecule has 0 unspecified atom stereocenters. The van der Waals surface area contributed by atoms with Gasteiger partial charge in [0.25, 0.3) is 0 Å². The predicted molar refractivity (Wildman–Crippen MR) is 211 cm³/mol. The van der Waals surface area contributed by atoms with Crippen molar-refractivity contribution >= 4 is 43.6 Å². The molecule has 10 rings (SSSR count). The number of para-hydroxylation sites is 2. The van der Waals surface area contributed by atoms with Crippen molar-refractivity contribution in [2.24, 2.45) is 0 Å². The minimum absolute atomic E-state index is 0.0595. The van der Waals surface area contributed by atoms with Crippen LogP contribution in [0.15, 0.2) is 194 Å². The van der Waals surface area contributed by atoms with Crippen molar-refractivity contribution in [3.63, 3.8) is 0 Å². The second-order valence-electron chi connectivity index (χ2n) is 11.0. The third-order valence-corrected chi connectivity index (χ3v) is 8.30. The Morgan fingerprint density at radius 1 is 0.280 bits per heavy atom. The molecule has 2 aromatic heterocycles. The Hall–Kier alpha value is -6.64. The Morgan fingerprint density at radius 3 is 1.06 bits per heavy atom. The van der Waals surface area contributed by atoms with Crippen molar-refractivity contribution < 1.29 is 35.6 Å². The summed E-state index contributed by atoms with van der Waals surface area (Å²) >= 11 is 0. The molecule has 0 aliphatic heterocycles. The SMILES string of the molecule is [2H]c1c([2H])c([2H])c(-c2c([2H])c([2H])c(-n3c4ccc(-c5ccc6c(c5)c5c([2H])c([2H])c([2H])c([2H])c5n6-c5c([2H])c([2H])c(-c6c([2H])c([2H])c([2H])c([2H])c6[2H])c([2H])c5[2H])cc4c4c([2H])c([2H])c([2H])c([2H])c43)c([2H])c2[2H])c([2H])c1[2H]. The summed E-state index contributed by atoms with van der Waals surface area (Å²) in [5, 5.41) is -0.00934. The van der Waals surface area contributed by atoms with Gasteiger partial charge in [-0.3, -0.25) is 0 Å². The van der Waals surface area contributed by atoms with Gasteiger partial charge in [-0.2, -0.15) is 0 Å². The molecule has 0 radical (unpaired) electrons. The van der Waals surface area contributed by atoms with E-state index in [1.54, 1.807) is 0 Å². The largest absolute Gasteiger partial charge is 0.309 e. The van der Waals surface area contributed by atoms with E-state index in [1.807, 2.05) is 0 Å². The molecule has 0 saturated carbocycles. The van der Waals surface area contributed by atoms with Crippen LogP contribution in [-0.4, -0.2) is 9.13 Å². The van der Waals surface area contributed by atoms with E-state index in [0.29, 0.717) is 11.1 Å². The Labute approximate surface area is 327 Å². The van der Waals surface area contributed by atoms with Crippen molar-refractivity contribution in [2.45, 2.75) is 0 Å². The van der Waals surface area contributed by atoms with Gasteiger partial charge in [0.15, 0.2) is 0 Å². The van der Waals surface area contributed by atoms with Crippen molar-refractivity contribution in [1.82, 2.24) is 9.13 Å². The first-order chi connectivity index (χ1) is 35.6. The first kappa shape index (κ1) is 12.7. The Bertz CT molecular complexity index is 3970. The normalized spacial score (nSPS) is 18.9. The molecule has 2 heterocycles. The molecule has 0 saturated heterocycles. The van der Waals surface area contributed by atoms with Crippen LogP contribution in [0.5, 0.6) is 0 Å². The maximum absolute atomic E-state index is 9.25. The molecule has 2 nitrogen and oxygen atoms in total. The van der Waals surface area contributed by atoms with Crippen molar-refractivity contribution in [2.75, 3.05) is 0 Å². The van der Waals surface area contributed by atoms with Crippen molar-refractivity contribution in [1.29, 1.82) is 0 Å². The lowest BCUT2D eigenvalue weighted by molar-refractivity contribution is 1.18.